The van der Waals surface area contributed by atoms with E-state index in [-0.39, 0.29) is 0 Å². The number of ether oxygens (including phenoxy) is 2. The number of hydrogen-bond donors (Lipinski definition) is 1. The van der Waals surface area contributed by atoms with Gasteiger partial charge in [-0.2, -0.15) is 0 Å². The van der Waals surface area contributed by atoms with Gasteiger partial charge in [-0.05, 0) is 12.8 Å². The zero-order chi connectivity index (χ0) is 13.2. The number of methoxy groups -OCH3 is 1. The Hall–Kier alpha value is -0.910. The topological polar surface area (TPSA) is 56.5 Å². The fourth-order valence-electron chi connectivity index (χ4n) is 1.75. The lowest BCUT2D eigenvalue weighted by Crippen LogP contribution is -2.17. The van der Waals surface area contributed by atoms with Crippen molar-refractivity contribution < 1.29 is 14.6 Å². The minimum atomic E-state index is -0.398. The summed E-state index contributed by atoms with van der Waals surface area (Å²) < 4.78 is 12.3. The summed E-state index contributed by atoms with van der Waals surface area (Å²) >= 11 is 0. The van der Waals surface area contributed by atoms with E-state index in [4.69, 9.17) is 9.47 Å². The Bertz CT molecular complexity index is 315. The molecule has 0 radical (unpaired) electrons. The van der Waals surface area contributed by atoms with Gasteiger partial charge in [-0.3, -0.25) is 0 Å². The Kier molecular flexibility index (Phi) is 7.64. The molecule has 1 rings (SSSR count). The highest BCUT2D eigenvalue weighted by Gasteiger charge is 2.10. The molecule has 104 valence electrons. The van der Waals surface area contributed by atoms with Crippen LogP contribution >= 0.6 is 0 Å². The number of imidazole rings is 1. The van der Waals surface area contributed by atoms with Gasteiger partial charge in [0.05, 0.1) is 19.3 Å². The normalized spacial score (nSPS) is 12.8. The number of hydrogen-bond acceptors (Lipinski definition) is 4. The van der Waals surface area contributed by atoms with Crippen molar-refractivity contribution in [1.82, 2.24) is 9.55 Å². The molecule has 0 aliphatic carbocycles. The van der Waals surface area contributed by atoms with Crippen LogP contribution in [0.5, 0.6) is 0 Å². The molecule has 0 amide bonds. The third-order valence-corrected chi connectivity index (χ3v) is 2.71. The molecule has 0 aromatic carbocycles. The fourth-order valence-corrected chi connectivity index (χ4v) is 1.75. The largest absolute Gasteiger partial charge is 0.393 e. The Morgan fingerprint density at radius 1 is 1.39 bits per heavy atom. The Morgan fingerprint density at radius 3 is 2.94 bits per heavy atom. The van der Waals surface area contributed by atoms with Gasteiger partial charge in [0.25, 0.3) is 0 Å². The number of nitrogens with zero attached hydrogens (tertiary/aromatic N) is 2. The van der Waals surface area contributed by atoms with Gasteiger partial charge in [0, 0.05) is 39.1 Å². The lowest BCUT2D eigenvalue weighted by atomic mass is 10.2. The number of aryl methyl sites for hydroxylation is 1. The van der Waals surface area contributed by atoms with E-state index in [2.05, 4.69) is 16.5 Å². The van der Waals surface area contributed by atoms with Crippen molar-refractivity contribution >= 4 is 0 Å². The zero-order valence-corrected chi connectivity index (χ0v) is 11.3. The molecule has 1 heterocycles. The Morgan fingerprint density at radius 2 is 2.22 bits per heavy atom. The molecule has 0 fully saturated rings. The first kappa shape index (κ1) is 15.1. The number of rotatable bonds is 10. The molecule has 0 spiro atoms. The Balaban J connectivity index is 2.22. The highest BCUT2D eigenvalue weighted by atomic mass is 16.5. The molecule has 18 heavy (non-hydrogen) atoms. The minimum Gasteiger partial charge on any atom is -0.393 e. The standard InChI is InChI=1S/C13H24N2O3/c1-3-6-15-7-5-14-13(15)11-12(16)4-8-18-10-9-17-2/h5,7,12,16H,3-4,6,8-11H2,1-2H3. The molecule has 0 saturated heterocycles. The van der Waals surface area contributed by atoms with E-state index in [0.717, 1.165) is 18.8 Å². The summed E-state index contributed by atoms with van der Waals surface area (Å²) in [7, 11) is 1.64. The van der Waals surface area contributed by atoms with Crippen molar-refractivity contribution in [3.05, 3.63) is 18.2 Å². The van der Waals surface area contributed by atoms with Crippen LogP contribution in [-0.4, -0.2) is 47.7 Å². The van der Waals surface area contributed by atoms with E-state index < -0.39 is 6.10 Å². The van der Waals surface area contributed by atoms with Gasteiger partial charge in [-0.1, -0.05) is 6.92 Å². The fraction of sp³-hybridized carbons (Fsp3) is 0.769. The van der Waals surface area contributed by atoms with E-state index in [9.17, 15) is 5.11 Å². The summed E-state index contributed by atoms with van der Waals surface area (Å²) in [6.45, 7) is 4.81. The summed E-state index contributed by atoms with van der Waals surface area (Å²) in [5.74, 6) is 0.946. The lowest BCUT2D eigenvalue weighted by molar-refractivity contribution is 0.0473. The van der Waals surface area contributed by atoms with Gasteiger partial charge < -0.3 is 19.1 Å². The molecule has 5 heteroatoms. The van der Waals surface area contributed by atoms with Crippen molar-refractivity contribution in [2.24, 2.45) is 0 Å². The number of aromatic nitrogens is 2. The van der Waals surface area contributed by atoms with Crippen molar-refractivity contribution in [2.75, 3.05) is 26.9 Å². The highest BCUT2D eigenvalue weighted by molar-refractivity contribution is 4.94. The number of aliphatic hydroxyl groups excluding tert-OH is 1. The van der Waals surface area contributed by atoms with E-state index in [1.807, 2.05) is 6.20 Å². The van der Waals surface area contributed by atoms with Gasteiger partial charge in [0.15, 0.2) is 0 Å². The second-order valence-corrected chi connectivity index (χ2v) is 4.29. The Labute approximate surface area is 109 Å². The second-order valence-electron chi connectivity index (χ2n) is 4.29. The predicted octanol–water partition coefficient (Wildman–Crippen LogP) is 1.25. The molecule has 1 atom stereocenters. The van der Waals surface area contributed by atoms with Crippen molar-refractivity contribution in [3.63, 3.8) is 0 Å². The zero-order valence-electron chi connectivity index (χ0n) is 11.3. The second kappa shape index (κ2) is 9.08. The van der Waals surface area contributed by atoms with Crippen LogP contribution in [0.2, 0.25) is 0 Å². The first-order valence-corrected chi connectivity index (χ1v) is 6.52. The smallest absolute Gasteiger partial charge is 0.111 e. The molecule has 1 N–H and O–H groups in total. The molecule has 1 aromatic heterocycles. The number of aliphatic hydroxyl groups is 1. The first-order valence-electron chi connectivity index (χ1n) is 6.52. The van der Waals surface area contributed by atoms with Crippen LogP contribution in [0.15, 0.2) is 12.4 Å². The van der Waals surface area contributed by atoms with Crippen LogP contribution in [0.1, 0.15) is 25.6 Å². The minimum absolute atomic E-state index is 0.398. The van der Waals surface area contributed by atoms with Gasteiger partial charge in [-0.25, -0.2) is 4.98 Å². The van der Waals surface area contributed by atoms with Crippen LogP contribution in [0.25, 0.3) is 0 Å². The first-order chi connectivity index (χ1) is 8.77. The van der Waals surface area contributed by atoms with E-state index in [1.165, 1.54) is 0 Å². The lowest BCUT2D eigenvalue weighted by Gasteiger charge is -2.12. The summed E-state index contributed by atoms with van der Waals surface area (Å²) in [5.41, 5.74) is 0. The van der Waals surface area contributed by atoms with Crippen LogP contribution in [0.4, 0.5) is 0 Å². The SMILES string of the molecule is CCCn1ccnc1CC(O)CCOCCOC. The maximum atomic E-state index is 9.91. The van der Waals surface area contributed by atoms with Gasteiger partial charge in [-0.15, -0.1) is 0 Å². The van der Waals surface area contributed by atoms with E-state index >= 15 is 0 Å². The van der Waals surface area contributed by atoms with Crippen LogP contribution in [-0.2, 0) is 22.4 Å². The van der Waals surface area contributed by atoms with Crippen molar-refractivity contribution in [3.8, 4) is 0 Å². The van der Waals surface area contributed by atoms with E-state index in [0.29, 0.717) is 32.7 Å². The molecule has 1 aromatic rings. The van der Waals surface area contributed by atoms with Gasteiger partial charge in [0.2, 0.25) is 0 Å². The summed E-state index contributed by atoms with van der Waals surface area (Å²) in [4.78, 5) is 4.27. The average Bonchev–Trinajstić information content (AvgIpc) is 2.77. The highest BCUT2D eigenvalue weighted by Crippen LogP contribution is 2.05. The summed E-state index contributed by atoms with van der Waals surface area (Å²) in [6, 6.07) is 0. The molecule has 0 aliphatic heterocycles. The quantitative estimate of drug-likeness (QED) is 0.640. The maximum Gasteiger partial charge on any atom is 0.111 e. The molecular formula is C13H24N2O3. The predicted molar refractivity (Wildman–Crippen MR) is 69.5 cm³/mol. The third kappa shape index (κ3) is 5.62. The third-order valence-electron chi connectivity index (χ3n) is 2.71. The van der Waals surface area contributed by atoms with Crippen molar-refractivity contribution in [1.29, 1.82) is 0 Å². The van der Waals surface area contributed by atoms with Crippen LogP contribution in [0, 0.1) is 0 Å². The molecule has 0 bridgehead atoms. The molecule has 0 saturated carbocycles. The van der Waals surface area contributed by atoms with E-state index in [1.54, 1.807) is 13.3 Å². The van der Waals surface area contributed by atoms with Gasteiger partial charge in [0.1, 0.15) is 5.82 Å². The molecule has 5 nitrogen and oxygen atoms in total. The van der Waals surface area contributed by atoms with Crippen LogP contribution in [0.3, 0.4) is 0 Å². The van der Waals surface area contributed by atoms with Gasteiger partial charge >= 0.3 is 0 Å². The molecular weight excluding hydrogens is 232 g/mol. The molecule has 0 aliphatic rings. The summed E-state index contributed by atoms with van der Waals surface area (Å²) in [5, 5.41) is 9.91. The summed E-state index contributed by atoms with van der Waals surface area (Å²) in [6.07, 6.45) is 5.63. The maximum absolute atomic E-state index is 9.91. The average molecular weight is 256 g/mol. The molecule has 1 unspecified atom stereocenters. The monoisotopic (exact) mass is 256 g/mol. The van der Waals surface area contributed by atoms with Crippen molar-refractivity contribution in [2.45, 2.75) is 38.8 Å². The van der Waals surface area contributed by atoms with Crippen LogP contribution < -0.4 is 0 Å².